The molecule has 2 aromatic rings. The molecular formula is C23H32N2O3. The minimum atomic E-state index is -0.666. The number of aliphatic hydroxyl groups excluding tert-OH is 1. The largest absolute Gasteiger partial charge is 0.490 e. The standard InChI is InChI=1S/C23H32N2O3/c1-17(2)25(15-23(27)24-19-10-4-5-11-19)14-20(26)16-28-22-13-7-9-18-8-3-6-12-21(18)22/h3,6-9,12-13,17,19-20,26H,4-5,10-11,14-16H2,1-2H3,(H,24,27)/t20-/m1/s1. The summed E-state index contributed by atoms with van der Waals surface area (Å²) < 4.78 is 5.90. The van der Waals surface area contributed by atoms with Crippen LogP contribution in [0.25, 0.3) is 10.8 Å². The first-order valence-electron chi connectivity index (χ1n) is 10.3. The highest BCUT2D eigenvalue weighted by Gasteiger charge is 2.22. The fourth-order valence-corrected chi connectivity index (χ4v) is 3.82. The molecule has 0 aliphatic heterocycles. The zero-order valence-electron chi connectivity index (χ0n) is 16.9. The maximum atomic E-state index is 12.4. The van der Waals surface area contributed by atoms with Gasteiger partial charge >= 0.3 is 0 Å². The van der Waals surface area contributed by atoms with Crippen LogP contribution in [0.2, 0.25) is 0 Å². The van der Waals surface area contributed by atoms with Crippen molar-refractivity contribution in [2.24, 2.45) is 0 Å². The number of nitrogens with one attached hydrogen (secondary N) is 1. The van der Waals surface area contributed by atoms with E-state index in [4.69, 9.17) is 4.74 Å². The molecule has 2 aromatic carbocycles. The van der Waals surface area contributed by atoms with Crippen LogP contribution in [0.1, 0.15) is 39.5 Å². The topological polar surface area (TPSA) is 61.8 Å². The molecule has 2 N–H and O–H groups in total. The Hall–Kier alpha value is -2.11. The molecular weight excluding hydrogens is 352 g/mol. The lowest BCUT2D eigenvalue weighted by Gasteiger charge is -2.28. The second-order valence-corrected chi connectivity index (χ2v) is 8.01. The Morgan fingerprint density at radius 2 is 1.89 bits per heavy atom. The van der Waals surface area contributed by atoms with Crippen molar-refractivity contribution >= 4 is 16.7 Å². The summed E-state index contributed by atoms with van der Waals surface area (Å²) in [6, 6.07) is 14.5. The number of amides is 1. The summed E-state index contributed by atoms with van der Waals surface area (Å²) in [5.74, 6) is 0.815. The van der Waals surface area contributed by atoms with Crippen LogP contribution in [0.5, 0.6) is 5.75 Å². The van der Waals surface area contributed by atoms with Crippen LogP contribution in [-0.2, 0) is 4.79 Å². The van der Waals surface area contributed by atoms with Crippen molar-refractivity contribution in [1.29, 1.82) is 0 Å². The van der Waals surface area contributed by atoms with Gasteiger partial charge in [0.2, 0.25) is 5.91 Å². The zero-order valence-corrected chi connectivity index (χ0v) is 16.9. The predicted molar refractivity (Wildman–Crippen MR) is 113 cm³/mol. The van der Waals surface area contributed by atoms with E-state index in [2.05, 4.69) is 5.32 Å². The summed E-state index contributed by atoms with van der Waals surface area (Å²) in [5, 5.41) is 15.8. The molecule has 1 aliphatic carbocycles. The molecule has 1 aliphatic rings. The van der Waals surface area contributed by atoms with Crippen molar-refractivity contribution in [3.05, 3.63) is 42.5 Å². The van der Waals surface area contributed by atoms with Gasteiger partial charge in [-0.25, -0.2) is 0 Å². The summed E-state index contributed by atoms with van der Waals surface area (Å²) in [6.07, 6.45) is 3.89. The van der Waals surface area contributed by atoms with Gasteiger partial charge < -0.3 is 15.2 Å². The Labute approximate surface area is 167 Å². The summed E-state index contributed by atoms with van der Waals surface area (Å²) in [7, 11) is 0. The van der Waals surface area contributed by atoms with Crippen molar-refractivity contribution in [1.82, 2.24) is 10.2 Å². The number of benzene rings is 2. The molecule has 0 spiro atoms. The first-order chi connectivity index (χ1) is 13.5. The summed E-state index contributed by atoms with van der Waals surface area (Å²) in [6.45, 7) is 4.99. The third-order valence-electron chi connectivity index (χ3n) is 5.42. The van der Waals surface area contributed by atoms with Crippen molar-refractivity contribution < 1.29 is 14.6 Å². The maximum absolute atomic E-state index is 12.4. The van der Waals surface area contributed by atoms with Gasteiger partial charge in [0.25, 0.3) is 0 Å². The van der Waals surface area contributed by atoms with Crippen molar-refractivity contribution in [2.75, 3.05) is 19.7 Å². The monoisotopic (exact) mass is 384 g/mol. The normalized spacial score (nSPS) is 16.0. The minimum absolute atomic E-state index is 0.0442. The van der Waals surface area contributed by atoms with Gasteiger partial charge in [-0.15, -0.1) is 0 Å². The molecule has 0 saturated heterocycles. The van der Waals surface area contributed by atoms with Crippen molar-refractivity contribution in [3.8, 4) is 5.75 Å². The molecule has 0 unspecified atom stereocenters. The van der Waals surface area contributed by atoms with Gasteiger partial charge in [0.15, 0.2) is 0 Å². The molecule has 1 saturated carbocycles. The average Bonchev–Trinajstić information content (AvgIpc) is 3.18. The van der Waals surface area contributed by atoms with Crippen LogP contribution in [0, 0.1) is 0 Å². The minimum Gasteiger partial charge on any atom is -0.490 e. The third-order valence-corrected chi connectivity index (χ3v) is 5.42. The van der Waals surface area contributed by atoms with E-state index in [-0.39, 0.29) is 18.6 Å². The highest BCUT2D eigenvalue weighted by molar-refractivity contribution is 5.88. The predicted octanol–water partition coefficient (Wildman–Crippen LogP) is 3.35. The number of fused-ring (bicyclic) bond motifs is 1. The smallest absolute Gasteiger partial charge is 0.234 e. The Morgan fingerprint density at radius 3 is 2.64 bits per heavy atom. The van der Waals surface area contributed by atoms with Crippen LogP contribution in [0.4, 0.5) is 0 Å². The SMILES string of the molecule is CC(C)N(CC(=O)NC1CCCC1)C[C@@H](O)COc1cccc2ccccc12. The lowest BCUT2D eigenvalue weighted by Crippen LogP contribution is -2.47. The molecule has 0 aromatic heterocycles. The first-order valence-corrected chi connectivity index (χ1v) is 10.3. The van der Waals surface area contributed by atoms with Crippen LogP contribution in [0.15, 0.2) is 42.5 Å². The van der Waals surface area contributed by atoms with Crippen LogP contribution >= 0.6 is 0 Å². The number of carbonyl (C=O) groups is 1. The second-order valence-electron chi connectivity index (χ2n) is 8.01. The molecule has 3 rings (SSSR count). The number of ether oxygens (including phenoxy) is 1. The van der Waals surface area contributed by atoms with Gasteiger partial charge in [0.1, 0.15) is 18.5 Å². The molecule has 1 fully saturated rings. The Bertz CT molecular complexity index is 766. The van der Waals surface area contributed by atoms with Gasteiger partial charge in [-0.2, -0.15) is 0 Å². The maximum Gasteiger partial charge on any atom is 0.234 e. The Kier molecular flexibility index (Phi) is 7.29. The molecule has 0 radical (unpaired) electrons. The van der Waals surface area contributed by atoms with E-state index in [1.807, 2.05) is 61.2 Å². The summed E-state index contributed by atoms with van der Waals surface area (Å²) in [4.78, 5) is 14.4. The number of carbonyl (C=O) groups excluding carboxylic acids is 1. The Morgan fingerprint density at radius 1 is 1.18 bits per heavy atom. The molecule has 5 heteroatoms. The lowest BCUT2D eigenvalue weighted by atomic mass is 10.1. The quantitative estimate of drug-likeness (QED) is 0.696. The van der Waals surface area contributed by atoms with Gasteiger partial charge in [0.05, 0.1) is 6.54 Å². The molecule has 0 heterocycles. The zero-order chi connectivity index (χ0) is 19.9. The molecule has 1 atom stereocenters. The third kappa shape index (κ3) is 5.69. The number of hydrogen-bond donors (Lipinski definition) is 2. The number of hydrogen-bond acceptors (Lipinski definition) is 4. The number of rotatable bonds is 9. The number of aliphatic hydroxyl groups is 1. The molecule has 0 bridgehead atoms. The van der Waals surface area contributed by atoms with Gasteiger partial charge in [-0.05, 0) is 38.1 Å². The van der Waals surface area contributed by atoms with Crippen LogP contribution < -0.4 is 10.1 Å². The van der Waals surface area contributed by atoms with Gasteiger partial charge in [-0.3, -0.25) is 9.69 Å². The first kappa shape index (κ1) is 20.6. The molecule has 1 amide bonds. The highest BCUT2D eigenvalue weighted by atomic mass is 16.5. The Balaban J connectivity index is 1.52. The molecule has 5 nitrogen and oxygen atoms in total. The van der Waals surface area contributed by atoms with E-state index < -0.39 is 6.10 Å². The van der Waals surface area contributed by atoms with E-state index in [9.17, 15) is 9.90 Å². The van der Waals surface area contributed by atoms with E-state index in [1.165, 1.54) is 12.8 Å². The second kappa shape index (κ2) is 9.89. The van der Waals surface area contributed by atoms with E-state index in [0.717, 1.165) is 29.4 Å². The van der Waals surface area contributed by atoms with E-state index in [0.29, 0.717) is 19.1 Å². The summed E-state index contributed by atoms with van der Waals surface area (Å²) >= 11 is 0. The number of nitrogens with zero attached hydrogens (tertiary/aromatic N) is 1. The van der Waals surface area contributed by atoms with E-state index in [1.54, 1.807) is 0 Å². The highest BCUT2D eigenvalue weighted by Crippen LogP contribution is 2.25. The lowest BCUT2D eigenvalue weighted by molar-refractivity contribution is -0.123. The summed E-state index contributed by atoms with van der Waals surface area (Å²) in [5.41, 5.74) is 0. The van der Waals surface area contributed by atoms with Crippen molar-refractivity contribution in [2.45, 2.75) is 57.7 Å². The van der Waals surface area contributed by atoms with Gasteiger partial charge in [-0.1, -0.05) is 49.2 Å². The molecule has 152 valence electrons. The fourth-order valence-electron chi connectivity index (χ4n) is 3.82. The van der Waals surface area contributed by atoms with Crippen LogP contribution in [-0.4, -0.2) is 53.8 Å². The van der Waals surface area contributed by atoms with Crippen molar-refractivity contribution in [3.63, 3.8) is 0 Å². The molecule has 28 heavy (non-hydrogen) atoms. The van der Waals surface area contributed by atoms with Gasteiger partial charge in [0, 0.05) is 24.0 Å². The van der Waals surface area contributed by atoms with Crippen LogP contribution in [0.3, 0.4) is 0 Å². The fraction of sp³-hybridized carbons (Fsp3) is 0.522. The average molecular weight is 385 g/mol. The van der Waals surface area contributed by atoms with E-state index >= 15 is 0 Å².